The van der Waals surface area contributed by atoms with Gasteiger partial charge in [0.05, 0.1) is 11.8 Å². The van der Waals surface area contributed by atoms with E-state index in [0.717, 1.165) is 6.20 Å². The number of hydrogen-bond donors (Lipinski definition) is 0. The predicted octanol–water partition coefficient (Wildman–Crippen LogP) is 1.88. The topological polar surface area (TPSA) is 36.4 Å². The van der Waals surface area contributed by atoms with Crippen LogP contribution in [0.15, 0.2) is 18.5 Å². The molecule has 0 spiro atoms. The van der Waals surface area contributed by atoms with Crippen molar-refractivity contribution in [1.82, 2.24) is 14.8 Å². The smallest absolute Gasteiger partial charge is 0.257 e. The molecule has 4 nitrogen and oxygen atoms in total. The molecule has 2 rings (SSSR count). The van der Waals surface area contributed by atoms with Crippen LogP contribution in [-0.4, -0.2) is 53.9 Å². The van der Waals surface area contributed by atoms with E-state index < -0.39 is 5.82 Å². The number of aromatic nitrogens is 1. The first kappa shape index (κ1) is 14.9. The second kappa shape index (κ2) is 5.87. The maximum absolute atomic E-state index is 13.7. The Morgan fingerprint density at radius 3 is 2.65 bits per heavy atom. The molecular formula is C15H22FN3O. The molecule has 2 atom stereocenters. The molecule has 1 saturated heterocycles. The maximum atomic E-state index is 13.7. The Morgan fingerprint density at radius 2 is 2.15 bits per heavy atom. The molecule has 0 radical (unpaired) electrons. The number of hydrogen-bond acceptors (Lipinski definition) is 3. The van der Waals surface area contributed by atoms with Gasteiger partial charge >= 0.3 is 0 Å². The third-order valence-electron chi connectivity index (χ3n) is 4.14. The summed E-state index contributed by atoms with van der Waals surface area (Å²) in [6, 6.07) is 1.77. The highest BCUT2D eigenvalue weighted by Gasteiger charge is 2.38. The summed E-state index contributed by atoms with van der Waals surface area (Å²) in [6.07, 6.45) is 2.54. The minimum Gasteiger partial charge on any atom is -0.337 e. The Balaban J connectivity index is 2.19. The molecule has 110 valence electrons. The number of carbonyl (C=O) groups is 1. The molecule has 1 aromatic rings. The second-order valence-corrected chi connectivity index (χ2v) is 6.00. The highest BCUT2D eigenvalue weighted by Crippen LogP contribution is 2.28. The lowest BCUT2D eigenvalue weighted by Gasteiger charge is -2.27. The van der Waals surface area contributed by atoms with Gasteiger partial charge in [-0.2, -0.15) is 0 Å². The highest BCUT2D eigenvalue weighted by molar-refractivity contribution is 5.94. The fourth-order valence-electron chi connectivity index (χ4n) is 2.90. The van der Waals surface area contributed by atoms with Crippen LogP contribution >= 0.6 is 0 Å². The zero-order valence-corrected chi connectivity index (χ0v) is 12.5. The van der Waals surface area contributed by atoms with E-state index in [2.05, 4.69) is 23.7 Å². The normalized spacial score (nSPS) is 22.9. The molecule has 0 bridgehead atoms. The lowest BCUT2D eigenvalue weighted by Crippen LogP contribution is -2.37. The first-order valence-corrected chi connectivity index (χ1v) is 6.97. The van der Waals surface area contributed by atoms with Gasteiger partial charge < -0.3 is 9.80 Å². The van der Waals surface area contributed by atoms with Crippen molar-refractivity contribution in [3.05, 3.63) is 29.8 Å². The minimum absolute atomic E-state index is 0.113. The molecule has 0 aliphatic carbocycles. The van der Waals surface area contributed by atoms with Crippen molar-refractivity contribution < 1.29 is 9.18 Å². The average Bonchev–Trinajstić information content (AvgIpc) is 2.84. The number of halogens is 1. The molecule has 1 amide bonds. The molecule has 2 heterocycles. The van der Waals surface area contributed by atoms with Crippen LogP contribution in [0.4, 0.5) is 4.39 Å². The molecule has 0 N–H and O–H groups in total. The first-order chi connectivity index (χ1) is 9.41. The van der Waals surface area contributed by atoms with Gasteiger partial charge in [0.15, 0.2) is 5.82 Å². The molecule has 1 aliphatic heterocycles. The standard InChI is InChI=1S/C15H22FN3O/c1-10(2)12-8-19(9-14(12)18(3)4)15(20)11-5-6-17-7-13(11)16/h5-7,10,12,14H,8-9H2,1-4H3/t12-,14+/m0/s1. The van der Waals surface area contributed by atoms with Crippen LogP contribution in [0.2, 0.25) is 0 Å². The van der Waals surface area contributed by atoms with Crippen molar-refractivity contribution in [2.75, 3.05) is 27.2 Å². The van der Waals surface area contributed by atoms with Gasteiger partial charge in [0, 0.05) is 25.3 Å². The molecule has 0 saturated carbocycles. The lowest BCUT2D eigenvalue weighted by atomic mass is 9.91. The molecule has 5 heteroatoms. The molecule has 0 unspecified atom stereocenters. The number of rotatable bonds is 3. The minimum atomic E-state index is -0.549. The SMILES string of the molecule is CC(C)[C@@H]1CN(C(=O)c2ccncc2F)C[C@H]1N(C)C. The van der Waals surface area contributed by atoms with E-state index in [1.165, 1.54) is 12.3 Å². The van der Waals surface area contributed by atoms with Crippen molar-refractivity contribution >= 4 is 5.91 Å². The summed E-state index contributed by atoms with van der Waals surface area (Å²) >= 11 is 0. The monoisotopic (exact) mass is 279 g/mol. The van der Waals surface area contributed by atoms with Crippen LogP contribution in [0, 0.1) is 17.7 Å². The Hall–Kier alpha value is -1.49. The summed E-state index contributed by atoms with van der Waals surface area (Å²) < 4.78 is 13.7. The molecule has 1 aromatic heterocycles. The van der Waals surface area contributed by atoms with E-state index in [0.29, 0.717) is 31.0 Å². The van der Waals surface area contributed by atoms with Crippen molar-refractivity contribution in [2.24, 2.45) is 11.8 Å². The van der Waals surface area contributed by atoms with Gasteiger partial charge in [0.1, 0.15) is 0 Å². The first-order valence-electron chi connectivity index (χ1n) is 6.97. The van der Waals surface area contributed by atoms with Gasteiger partial charge in [0.2, 0.25) is 0 Å². The zero-order valence-electron chi connectivity index (χ0n) is 12.5. The Labute approximate surface area is 119 Å². The number of pyridine rings is 1. The average molecular weight is 279 g/mol. The Bertz CT molecular complexity index is 474. The summed E-state index contributed by atoms with van der Waals surface area (Å²) in [6.45, 7) is 5.67. The third-order valence-corrected chi connectivity index (χ3v) is 4.14. The van der Waals surface area contributed by atoms with E-state index >= 15 is 0 Å². The van der Waals surface area contributed by atoms with Gasteiger partial charge in [-0.1, -0.05) is 13.8 Å². The van der Waals surface area contributed by atoms with Crippen LogP contribution in [0.3, 0.4) is 0 Å². The van der Waals surface area contributed by atoms with Gasteiger partial charge in [0.25, 0.3) is 5.91 Å². The van der Waals surface area contributed by atoms with Crippen LogP contribution in [0.25, 0.3) is 0 Å². The van der Waals surface area contributed by atoms with E-state index in [9.17, 15) is 9.18 Å². The number of likely N-dealkylation sites (N-methyl/N-ethyl adjacent to an activating group) is 1. The summed E-state index contributed by atoms with van der Waals surface area (Å²) in [4.78, 5) is 20.0. The van der Waals surface area contributed by atoms with Gasteiger partial charge in [-0.25, -0.2) is 4.39 Å². The quantitative estimate of drug-likeness (QED) is 0.847. The van der Waals surface area contributed by atoms with Crippen molar-refractivity contribution in [3.8, 4) is 0 Å². The fraction of sp³-hybridized carbons (Fsp3) is 0.600. The van der Waals surface area contributed by atoms with E-state index in [4.69, 9.17) is 0 Å². The number of likely N-dealkylation sites (tertiary alicyclic amines) is 1. The maximum Gasteiger partial charge on any atom is 0.257 e. The van der Waals surface area contributed by atoms with Crippen LogP contribution < -0.4 is 0 Å². The van der Waals surface area contributed by atoms with Crippen molar-refractivity contribution in [2.45, 2.75) is 19.9 Å². The summed E-state index contributed by atoms with van der Waals surface area (Å²) in [5.74, 6) is 0.119. The van der Waals surface area contributed by atoms with E-state index in [1.807, 2.05) is 14.1 Å². The molecular weight excluding hydrogens is 257 g/mol. The second-order valence-electron chi connectivity index (χ2n) is 6.00. The zero-order chi connectivity index (χ0) is 14.9. The van der Waals surface area contributed by atoms with Gasteiger partial charge in [-0.05, 0) is 32.0 Å². The number of nitrogens with zero attached hydrogens (tertiary/aromatic N) is 3. The fourth-order valence-corrected chi connectivity index (χ4v) is 2.90. The summed E-state index contributed by atoms with van der Waals surface area (Å²) in [7, 11) is 4.06. The van der Waals surface area contributed by atoms with Gasteiger partial charge in [-0.3, -0.25) is 9.78 Å². The Morgan fingerprint density at radius 1 is 1.45 bits per heavy atom. The third kappa shape index (κ3) is 2.82. The lowest BCUT2D eigenvalue weighted by molar-refractivity contribution is 0.0775. The molecule has 1 aliphatic rings. The molecule has 1 fully saturated rings. The molecule has 0 aromatic carbocycles. The Kier molecular flexibility index (Phi) is 4.38. The van der Waals surface area contributed by atoms with Crippen molar-refractivity contribution in [3.63, 3.8) is 0 Å². The number of amides is 1. The highest BCUT2D eigenvalue weighted by atomic mass is 19.1. The number of carbonyl (C=O) groups excluding carboxylic acids is 1. The van der Waals surface area contributed by atoms with Crippen LogP contribution in [0.1, 0.15) is 24.2 Å². The van der Waals surface area contributed by atoms with Gasteiger partial charge in [-0.15, -0.1) is 0 Å². The largest absolute Gasteiger partial charge is 0.337 e. The summed E-state index contributed by atoms with van der Waals surface area (Å²) in [5, 5.41) is 0. The van der Waals surface area contributed by atoms with Crippen molar-refractivity contribution in [1.29, 1.82) is 0 Å². The predicted molar refractivity (Wildman–Crippen MR) is 75.9 cm³/mol. The van der Waals surface area contributed by atoms with Crippen LogP contribution in [0.5, 0.6) is 0 Å². The summed E-state index contributed by atoms with van der Waals surface area (Å²) in [5.41, 5.74) is 0.113. The van der Waals surface area contributed by atoms with E-state index in [1.54, 1.807) is 4.90 Å². The molecule has 20 heavy (non-hydrogen) atoms. The van der Waals surface area contributed by atoms with Crippen LogP contribution in [-0.2, 0) is 0 Å². The van der Waals surface area contributed by atoms with E-state index in [-0.39, 0.29) is 11.5 Å².